The highest BCUT2D eigenvalue weighted by Crippen LogP contribution is 2.32. The van der Waals surface area contributed by atoms with Crippen LogP contribution in [0.5, 0.6) is 5.75 Å². The lowest BCUT2D eigenvalue weighted by Crippen LogP contribution is -2.33. The van der Waals surface area contributed by atoms with Gasteiger partial charge in [0.1, 0.15) is 12.4 Å². The van der Waals surface area contributed by atoms with Crippen molar-refractivity contribution in [2.75, 3.05) is 13.2 Å². The van der Waals surface area contributed by atoms with Crippen molar-refractivity contribution in [3.8, 4) is 5.75 Å². The summed E-state index contributed by atoms with van der Waals surface area (Å²) < 4.78 is 5.47. The van der Waals surface area contributed by atoms with Crippen LogP contribution in [0.25, 0.3) is 6.08 Å². The van der Waals surface area contributed by atoms with E-state index < -0.39 is 11.1 Å². The van der Waals surface area contributed by atoms with Gasteiger partial charge in [0.2, 0.25) is 0 Å². The zero-order chi connectivity index (χ0) is 20.1. The number of ketones is 1. The van der Waals surface area contributed by atoms with Crippen molar-refractivity contribution in [3.05, 3.63) is 82.2 Å². The third kappa shape index (κ3) is 4.71. The number of carbonyl (C=O) groups excluding carboxylic acids is 3. The SMILES string of the molecule is C=CCOc1cccc(/C=C2/SC(=O)N(CC(=O)c3ccc(Cl)cc3)C2=O)c1. The van der Waals surface area contributed by atoms with E-state index in [4.69, 9.17) is 16.3 Å². The van der Waals surface area contributed by atoms with Gasteiger partial charge in [-0.25, -0.2) is 0 Å². The zero-order valence-corrected chi connectivity index (χ0v) is 16.3. The first kappa shape index (κ1) is 19.9. The van der Waals surface area contributed by atoms with Crippen molar-refractivity contribution >= 4 is 46.4 Å². The molecule has 1 aliphatic rings. The van der Waals surface area contributed by atoms with E-state index >= 15 is 0 Å². The zero-order valence-electron chi connectivity index (χ0n) is 14.8. The lowest BCUT2D eigenvalue weighted by atomic mass is 10.1. The van der Waals surface area contributed by atoms with Gasteiger partial charge < -0.3 is 4.74 Å². The summed E-state index contributed by atoms with van der Waals surface area (Å²) in [7, 11) is 0. The van der Waals surface area contributed by atoms with Crippen LogP contribution in [0.15, 0.2) is 66.1 Å². The summed E-state index contributed by atoms with van der Waals surface area (Å²) >= 11 is 6.62. The summed E-state index contributed by atoms with van der Waals surface area (Å²) in [6, 6.07) is 13.4. The fourth-order valence-electron chi connectivity index (χ4n) is 2.51. The Morgan fingerprint density at radius 3 is 2.64 bits per heavy atom. The quantitative estimate of drug-likeness (QED) is 0.370. The van der Waals surface area contributed by atoms with Crippen molar-refractivity contribution in [1.29, 1.82) is 0 Å². The van der Waals surface area contributed by atoms with E-state index in [1.807, 2.05) is 0 Å². The molecule has 1 heterocycles. The van der Waals surface area contributed by atoms with Crippen LogP contribution in [0.1, 0.15) is 15.9 Å². The lowest BCUT2D eigenvalue weighted by molar-refractivity contribution is -0.122. The molecule has 2 amide bonds. The average Bonchev–Trinajstić information content (AvgIpc) is 2.94. The van der Waals surface area contributed by atoms with E-state index in [0.29, 0.717) is 22.9 Å². The maximum Gasteiger partial charge on any atom is 0.293 e. The Kier molecular flexibility index (Phi) is 6.34. The number of amides is 2. The highest BCUT2D eigenvalue weighted by Gasteiger charge is 2.36. The van der Waals surface area contributed by atoms with Gasteiger partial charge in [-0.05, 0) is 59.8 Å². The molecule has 1 aliphatic heterocycles. The molecule has 0 aromatic heterocycles. The van der Waals surface area contributed by atoms with Gasteiger partial charge in [0.15, 0.2) is 5.78 Å². The van der Waals surface area contributed by atoms with Gasteiger partial charge in [0.25, 0.3) is 11.1 Å². The van der Waals surface area contributed by atoms with E-state index in [1.165, 1.54) is 0 Å². The second kappa shape index (κ2) is 8.91. The van der Waals surface area contributed by atoms with Crippen LogP contribution in [-0.4, -0.2) is 35.0 Å². The Morgan fingerprint density at radius 1 is 1.18 bits per heavy atom. The molecule has 0 radical (unpaired) electrons. The lowest BCUT2D eigenvalue weighted by Gasteiger charge is -2.11. The monoisotopic (exact) mass is 413 g/mol. The number of thioether (sulfide) groups is 1. The molecule has 2 aromatic carbocycles. The highest BCUT2D eigenvalue weighted by molar-refractivity contribution is 8.18. The van der Waals surface area contributed by atoms with Crippen LogP contribution < -0.4 is 4.74 Å². The molecule has 0 unspecified atom stereocenters. The fraction of sp³-hybridized carbons (Fsp3) is 0.0952. The maximum absolute atomic E-state index is 12.6. The number of carbonyl (C=O) groups is 3. The Labute approximate surface area is 171 Å². The Balaban J connectivity index is 1.74. The normalized spacial score (nSPS) is 15.2. The first-order valence-electron chi connectivity index (χ1n) is 8.36. The molecule has 2 aromatic rings. The molecule has 0 spiro atoms. The number of benzene rings is 2. The summed E-state index contributed by atoms with van der Waals surface area (Å²) in [6.45, 7) is 3.65. The summed E-state index contributed by atoms with van der Waals surface area (Å²) in [5.74, 6) is -0.194. The minimum Gasteiger partial charge on any atom is -0.490 e. The van der Waals surface area contributed by atoms with Gasteiger partial charge in [-0.15, -0.1) is 0 Å². The Morgan fingerprint density at radius 2 is 1.93 bits per heavy atom. The number of Topliss-reactive ketones (excluding diaryl/α,β-unsaturated/α-hetero) is 1. The molecular weight excluding hydrogens is 398 g/mol. The second-order valence-corrected chi connectivity index (χ2v) is 7.30. The predicted octanol–water partition coefficient (Wildman–Crippen LogP) is 4.82. The van der Waals surface area contributed by atoms with Crippen LogP contribution in [-0.2, 0) is 4.79 Å². The van der Waals surface area contributed by atoms with Crippen molar-refractivity contribution in [2.24, 2.45) is 0 Å². The van der Waals surface area contributed by atoms with Gasteiger partial charge in [-0.1, -0.05) is 36.4 Å². The molecule has 5 nitrogen and oxygen atoms in total. The highest BCUT2D eigenvalue weighted by atomic mass is 35.5. The number of nitrogens with zero attached hydrogens (tertiary/aromatic N) is 1. The van der Waals surface area contributed by atoms with Crippen LogP contribution in [0.4, 0.5) is 4.79 Å². The fourth-order valence-corrected chi connectivity index (χ4v) is 3.47. The van der Waals surface area contributed by atoms with Gasteiger partial charge >= 0.3 is 0 Å². The van der Waals surface area contributed by atoms with E-state index in [-0.39, 0.29) is 17.2 Å². The second-order valence-electron chi connectivity index (χ2n) is 5.87. The van der Waals surface area contributed by atoms with Gasteiger partial charge in [0.05, 0.1) is 11.4 Å². The molecule has 1 fully saturated rings. The minimum atomic E-state index is -0.491. The Bertz CT molecular complexity index is 969. The smallest absolute Gasteiger partial charge is 0.293 e. The van der Waals surface area contributed by atoms with Crippen LogP contribution in [0, 0.1) is 0 Å². The summed E-state index contributed by atoms with van der Waals surface area (Å²) in [4.78, 5) is 38.4. The van der Waals surface area contributed by atoms with Gasteiger partial charge in [-0.2, -0.15) is 0 Å². The topological polar surface area (TPSA) is 63.7 Å². The summed E-state index contributed by atoms with van der Waals surface area (Å²) in [5, 5.41) is 0.0302. The number of halogens is 1. The molecule has 0 bridgehead atoms. The molecule has 0 saturated carbocycles. The third-order valence-corrected chi connectivity index (χ3v) is 5.02. The van der Waals surface area contributed by atoms with E-state index in [0.717, 1.165) is 22.2 Å². The predicted molar refractivity (Wildman–Crippen MR) is 111 cm³/mol. The first-order valence-corrected chi connectivity index (χ1v) is 9.55. The van der Waals surface area contributed by atoms with Crippen molar-refractivity contribution in [2.45, 2.75) is 0 Å². The Hall–Kier alpha value is -2.83. The van der Waals surface area contributed by atoms with E-state index in [2.05, 4.69) is 6.58 Å². The summed E-state index contributed by atoms with van der Waals surface area (Å²) in [5.41, 5.74) is 1.11. The van der Waals surface area contributed by atoms with Crippen LogP contribution >= 0.6 is 23.4 Å². The molecule has 0 N–H and O–H groups in total. The molecule has 3 rings (SSSR count). The molecule has 0 aliphatic carbocycles. The molecule has 28 heavy (non-hydrogen) atoms. The standard InChI is InChI=1S/C21H16ClNO4S/c1-2-10-27-17-5-3-4-14(11-17)12-19-20(25)23(21(26)28-19)13-18(24)15-6-8-16(22)9-7-15/h2-9,11-12H,1,10,13H2/b19-12+. The largest absolute Gasteiger partial charge is 0.490 e. The van der Waals surface area contributed by atoms with Crippen LogP contribution in [0.3, 0.4) is 0 Å². The number of hydrogen-bond acceptors (Lipinski definition) is 5. The number of imide groups is 1. The number of ether oxygens (including phenoxy) is 1. The summed E-state index contributed by atoms with van der Waals surface area (Å²) in [6.07, 6.45) is 3.24. The number of hydrogen-bond donors (Lipinski definition) is 0. The third-order valence-electron chi connectivity index (χ3n) is 3.87. The average molecular weight is 414 g/mol. The molecule has 7 heteroatoms. The molecule has 0 atom stereocenters. The van der Waals surface area contributed by atoms with Gasteiger partial charge in [-0.3, -0.25) is 19.3 Å². The maximum atomic E-state index is 12.6. The van der Waals surface area contributed by atoms with E-state index in [1.54, 1.807) is 60.7 Å². The minimum absolute atomic E-state index is 0.259. The van der Waals surface area contributed by atoms with Crippen molar-refractivity contribution in [3.63, 3.8) is 0 Å². The molecule has 142 valence electrons. The number of rotatable bonds is 7. The molecular formula is C21H16ClNO4S. The van der Waals surface area contributed by atoms with Crippen LogP contribution in [0.2, 0.25) is 5.02 Å². The van der Waals surface area contributed by atoms with E-state index in [9.17, 15) is 14.4 Å². The van der Waals surface area contributed by atoms with Crippen molar-refractivity contribution < 1.29 is 19.1 Å². The molecule has 1 saturated heterocycles. The van der Waals surface area contributed by atoms with Gasteiger partial charge in [0, 0.05) is 10.6 Å². The van der Waals surface area contributed by atoms with Crippen molar-refractivity contribution in [1.82, 2.24) is 4.90 Å². The first-order chi connectivity index (χ1) is 13.5.